The highest BCUT2D eigenvalue weighted by molar-refractivity contribution is 5.72. The lowest BCUT2D eigenvalue weighted by Crippen LogP contribution is -2.12. The molecule has 5 nitrogen and oxygen atoms in total. The molecule has 0 radical (unpaired) electrons. The van der Waals surface area contributed by atoms with E-state index in [-0.39, 0.29) is 5.56 Å². The Bertz CT molecular complexity index is 1080. The van der Waals surface area contributed by atoms with Crippen LogP contribution >= 0.6 is 0 Å². The second-order valence-electron chi connectivity index (χ2n) is 6.33. The number of methoxy groups -OCH3 is 1. The average molecular weight is 360 g/mol. The van der Waals surface area contributed by atoms with E-state index in [1.54, 1.807) is 32.2 Å². The predicted octanol–water partition coefficient (Wildman–Crippen LogP) is 4.12. The number of pyridine rings is 1. The van der Waals surface area contributed by atoms with Crippen molar-refractivity contribution in [1.82, 2.24) is 4.98 Å². The van der Waals surface area contributed by atoms with Crippen molar-refractivity contribution >= 4 is 0 Å². The molecule has 27 heavy (non-hydrogen) atoms. The van der Waals surface area contributed by atoms with Crippen LogP contribution in [0.4, 0.5) is 0 Å². The molecule has 0 fully saturated rings. The van der Waals surface area contributed by atoms with Crippen LogP contribution in [-0.2, 0) is 6.61 Å². The topological polar surface area (TPSA) is 75.1 Å². The van der Waals surface area contributed by atoms with E-state index in [0.717, 1.165) is 16.7 Å². The second-order valence-corrected chi connectivity index (χ2v) is 6.33. The van der Waals surface area contributed by atoms with E-state index in [1.807, 2.05) is 37.3 Å². The molecule has 0 aliphatic carbocycles. The number of benzene rings is 2. The van der Waals surface area contributed by atoms with Gasteiger partial charge < -0.3 is 14.5 Å². The van der Waals surface area contributed by atoms with E-state index in [9.17, 15) is 10.1 Å². The minimum absolute atomic E-state index is 0.0791. The molecule has 0 aliphatic rings. The maximum absolute atomic E-state index is 12.1. The van der Waals surface area contributed by atoms with Crippen molar-refractivity contribution < 1.29 is 9.47 Å². The molecule has 0 saturated carbocycles. The quantitative estimate of drug-likeness (QED) is 0.743. The van der Waals surface area contributed by atoms with Crippen molar-refractivity contribution in [1.29, 1.82) is 5.26 Å². The minimum atomic E-state index is -0.398. The zero-order chi connectivity index (χ0) is 19.4. The summed E-state index contributed by atoms with van der Waals surface area (Å²) in [6.07, 6.45) is 0. The normalized spacial score (nSPS) is 10.3. The number of aromatic nitrogens is 1. The highest BCUT2D eigenvalue weighted by Gasteiger charge is 2.13. The van der Waals surface area contributed by atoms with Gasteiger partial charge in [-0.3, -0.25) is 4.79 Å². The summed E-state index contributed by atoms with van der Waals surface area (Å²) in [5, 5.41) is 9.37. The number of H-pyrrole nitrogens is 1. The van der Waals surface area contributed by atoms with Gasteiger partial charge in [-0.25, -0.2) is 0 Å². The molecule has 0 spiro atoms. The van der Waals surface area contributed by atoms with Crippen molar-refractivity contribution in [2.45, 2.75) is 20.5 Å². The molecule has 1 heterocycles. The minimum Gasteiger partial charge on any atom is -0.493 e. The van der Waals surface area contributed by atoms with E-state index in [2.05, 4.69) is 11.1 Å². The van der Waals surface area contributed by atoms with Crippen LogP contribution in [0.25, 0.3) is 11.1 Å². The van der Waals surface area contributed by atoms with Crippen LogP contribution < -0.4 is 15.0 Å². The van der Waals surface area contributed by atoms with Crippen molar-refractivity contribution in [3.8, 4) is 28.7 Å². The molecule has 3 aromatic rings. The Kier molecular flexibility index (Phi) is 5.28. The van der Waals surface area contributed by atoms with Crippen molar-refractivity contribution in [3.63, 3.8) is 0 Å². The fourth-order valence-electron chi connectivity index (χ4n) is 2.95. The summed E-state index contributed by atoms with van der Waals surface area (Å²) in [5.41, 5.74) is 3.87. The smallest absolute Gasteiger partial charge is 0.266 e. The maximum atomic E-state index is 12.1. The fourth-order valence-corrected chi connectivity index (χ4v) is 2.95. The number of rotatable bonds is 5. The van der Waals surface area contributed by atoms with Gasteiger partial charge in [0.2, 0.25) is 0 Å². The molecule has 0 bridgehead atoms. The van der Waals surface area contributed by atoms with Gasteiger partial charge in [-0.05, 0) is 43.2 Å². The molecule has 5 heteroatoms. The summed E-state index contributed by atoms with van der Waals surface area (Å²) in [6, 6.07) is 17.2. The zero-order valence-electron chi connectivity index (χ0n) is 15.5. The number of ether oxygens (including phenoxy) is 2. The fraction of sp³-hybridized carbons (Fsp3) is 0.182. The Morgan fingerprint density at radius 2 is 1.89 bits per heavy atom. The van der Waals surface area contributed by atoms with Gasteiger partial charge in [-0.15, -0.1) is 0 Å². The molecule has 0 amide bonds. The SMILES string of the molecule is COc1ccc(-c2cc(C)[nH]c(=O)c2C#N)cc1OCc1cccc(C)c1. The van der Waals surface area contributed by atoms with Gasteiger partial charge >= 0.3 is 0 Å². The van der Waals surface area contributed by atoms with Gasteiger partial charge in [0, 0.05) is 11.3 Å². The van der Waals surface area contributed by atoms with E-state index >= 15 is 0 Å². The van der Waals surface area contributed by atoms with Gasteiger partial charge in [0.05, 0.1) is 7.11 Å². The molecule has 0 atom stereocenters. The number of hydrogen-bond donors (Lipinski definition) is 1. The van der Waals surface area contributed by atoms with Gasteiger partial charge in [-0.2, -0.15) is 5.26 Å². The van der Waals surface area contributed by atoms with Crippen LogP contribution in [0.3, 0.4) is 0 Å². The molecule has 2 aromatic carbocycles. The first-order valence-electron chi connectivity index (χ1n) is 8.52. The standard InChI is InChI=1S/C22H20N2O3/c1-14-5-4-6-16(9-14)13-27-21-11-17(7-8-20(21)26-3)18-10-15(2)24-22(25)19(18)12-23/h4-11H,13H2,1-3H3,(H,24,25). The molecule has 0 aliphatic heterocycles. The molecule has 0 unspecified atom stereocenters. The Balaban J connectivity index is 1.99. The molecular weight excluding hydrogens is 340 g/mol. The molecule has 1 aromatic heterocycles. The second kappa shape index (κ2) is 7.79. The lowest BCUT2D eigenvalue weighted by Gasteiger charge is -2.13. The lowest BCUT2D eigenvalue weighted by atomic mass is 10.0. The van der Waals surface area contributed by atoms with Crippen LogP contribution in [0.15, 0.2) is 53.3 Å². The third kappa shape index (κ3) is 4.01. The van der Waals surface area contributed by atoms with E-state index in [4.69, 9.17) is 9.47 Å². The van der Waals surface area contributed by atoms with E-state index < -0.39 is 5.56 Å². The van der Waals surface area contributed by atoms with Crippen LogP contribution in [0.1, 0.15) is 22.4 Å². The summed E-state index contributed by atoms with van der Waals surface area (Å²) >= 11 is 0. The van der Waals surface area contributed by atoms with Gasteiger partial charge in [-0.1, -0.05) is 35.9 Å². The first-order valence-corrected chi connectivity index (χ1v) is 8.52. The summed E-state index contributed by atoms with van der Waals surface area (Å²) in [5.74, 6) is 1.14. The number of aryl methyl sites for hydroxylation is 2. The van der Waals surface area contributed by atoms with Gasteiger partial charge in [0.1, 0.15) is 18.2 Å². The van der Waals surface area contributed by atoms with Crippen LogP contribution in [0, 0.1) is 25.2 Å². The monoisotopic (exact) mass is 360 g/mol. The van der Waals surface area contributed by atoms with E-state index in [1.165, 1.54) is 0 Å². The Labute approximate surface area is 157 Å². The van der Waals surface area contributed by atoms with Crippen LogP contribution in [0.2, 0.25) is 0 Å². The third-order valence-corrected chi connectivity index (χ3v) is 4.23. The molecule has 0 saturated heterocycles. The maximum Gasteiger partial charge on any atom is 0.266 e. The highest BCUT2D eigenvalue weighted by Crippen LogP contribution is 2.34. The van der Waals surface area contributed by atoms with Gasteiger partial charge in [0.15, 0.2) is 11.5 Å². The number of nitriles is 1. The third-order valence-electron chi connectivity index (χ3n) is 4.23. The Morgan fingerprint density at radius 3 is 2.59 bits per heavy atom. The Morgan fingerprint density at radius 1 is 1.07 bits per heavy atom. The predicted molar refractivity (Wildman–Crippen MR) is 104 cm³/mol. The number of nitrogens with zero attached hydrogens (tertiary/aromatic N) is 1. The zero-order valence-corrected chi connectivity index (χ0v) is 15.5. The Hall–Kier alpha value is -3.52. The lowest BCUT2D eigenvalue weighted by molar-refractivity contribution is 0.284. The summed E-state index contributed by atoms with van der Waals surface area (Å²) in [6.45, 7) is 4.20. The van der Waals surface area contributed by atoms with Crippen molar-refractivity contribution in [2.24, 2.45) is 0 Å². The average Bonchev–Trinajstić information content (AvgIpc) is 2.65. The number of aromatic amines is 1. The van der Waals surface area contributed by atoms with E-state index in [0.29, 0.717) is 29.4 Å². The number of hydrogen-bond acceptors (Lipinski definition) is 4. The molecule has 136 valence electrons. The largest absolute Gasteiger partial charge is 0.493 e. The van der Waals surface area contributed by atoms with Crippen LogP contribution in [0.5, 0.6) is 11.5 Å². The van der Waals surface area contributed by atoms with Crippen molar-refractivity contribution in [3.05, 3.63) is 81.3 Å². The number of nitrogens with one attached hydrogen (secondary N) is 1. The van der Waals surface area contributed by atoms with Crippen molar-refractivity contribution in [2.75, 3.05) is 7.11 Å². The summed E-state index contributed by atoms with van der Waals surface area (Å²) < 4.78 is 11.4. The molecular formula is C22H20N2O3. The molecule has 3 rings (SSSR count). The highest BCUT2D eigenvalue weighted by atomic mass is 16.5. The van der Waals surface area contributed by atoms with Crippen LogP contribution in [-0.4, -0.2) is 12.1 Å². The summed E-state index contributed by atoms with van der Waals surface area (Å²) in [7, 11) is 1.58. The van der Waals surface area contributed by atoms with Gasteiger partial charge in [0.25, 0.3) is 5.56 Å². The summed E-state index contributed by atoms with van der Waals surface area (Å²) in [4.78, 5) is 14.7. The first-order chi connectivity index (χ1) is 13.0. The first kappa shape index (κ1) is 18.3. The molecule has 1 N–H and O–H groups in total.